The second kappa shape index (κ2) is 6.08. The Morgan fingerprint density at radius 1 is 1.41 bits per heavy atom. The fraction of sp³-hybridized carbons (Fsp3) is 0.471. The van der Waals surface area contributed by atoms with Crippen LogP contribution in [0.3, 0.4) is 0 Å². The summed E-state index contributed by atoms with van der Waals surface area (Å²) in [6.45, 7) is 4.55. The van der Waals surface area contributed by atoms with Gasteiger partial charge in [0.2, 0.25) is 0 Å². The molecule has 1 saturated heterocycles. The lowest BCUT2D eigenvalue weighted by Gasteiger charge is -2.17. The van der Waals surface area contributed by atoms with Crippen LogP contribution < -0.4 is 4.74 Å². The van der Waals surface area contributed by atoms with Crippen molar-refractivity contribution in [3.8, 4) is 5.75 Å². The van der Waals surface area contributed by atoms with Crippen LogP contribution in [0.5, 0.6) is 5.75 Å². The molecule has 0 spiro atoms. The number of nitrogens with zero attached hydrogens (tertiary/aromatic N) is 3. The number of rotatable bonds is 4. The normalized spacial score (nSPS) is 18.8. The van der Waals surface area contributed by atoms with E-state index in [1.807, 2.05) is 26.1 Å². The number of aromatic nitrogens is 2. The number of methoxy groups -OCH3 is 1. The zero-order valence-electron chi connectivity index (χ0n) is 13.3. The summed E-state index contributed by atoms with van der Waals surface area (Å²) in [7, 11) is 3.59. The van der Waals surface area contributed by atoms with Gasteiger partial charge in [-0.25, -0.2) is 9.37 Å². The molecule has 1 aliphatic rings. The van der Waals surface area contributed by atoms with Crippen LogP contribution in [0, 0.1) is 12.7 Å². The van der Waals surface area contributed by atoms with E-state index in [-0.39, 0.29) is 5.82 Å². The third-order valence-corrected chi connectivity index (χ3v) is 4.32. The SMILES string of the molecule is COc1ccc(CN2CC[C@@H](c3nc(C)cn3C)C2)c(F)c1. The quantitative estimate of drug-likeness (QED) is 0.870. The summed E-state index contributed by atoms with van der Waals surface area (Å²) in [4.78, 5) is 6.91. The van der Waals surface area contributed by atoms with Crippen molar-refractivity contribution in [2.45, 2.75) is 25.8 Å². The maximum absolute atomic E-state index is 14.1. The highest BCUT2D eigenvalue weighted by molar-refractivity contribution is 5.29. The molecule has 2 heterocycles. The second-order valence-corrected chi connectivity index (χ2v) is 6.03. The van der Waals surface area contributed by atoms with Gasteiger partial charge in [-0.15, -0.1) is 0 Å². The van der Waals surface area contributed by atoms with Crippen molar-refractivity contribution in [3.05, 3.63) is 47.3 Å². The van der Waals surface area contributed by atoms with Crippen LogP contribution in [0.15, 0.2) is 24.4 Å². The molecule has 2 aromatic rings. The number of hydrogen-bond acceptors (Lipinski definition) is 3. The molecule has 5 heteroatoms. The lowest BCUT2D eigenvalue weighted by atomic mass is 10.1. The Hall–Kier alpha value is -1.88. The van der Waals surface area contributed by atoms with Crippen molar-refractivity contribution in [1.82, 2.24) is 14.5 Å². The van der Waals surface area contributed by atoms with Crippen LogP contribution in [-0.2, 0) is 13.6 Å². The number of likely N-dealkylation sites (tertiary alicyclic amines) is 1. The van der Waals surface area contributed by atoms with Crippen molar-refractivity contribution in [1.29, 1.82) is 0 Å². The molecule has 1 aliphatic heterocycles. The summed E-state index contributed by atoms with van der Waals surface area (Å²) in [6.07, 6.45) is 3.13. The van der Waals surface area contributed by atoms with Crippen molar-refractivity contribution in [2.75, 3.05) is 20.2 Å². The largest absolute Gasteiger partial charge is 0.497 e. The van der Waals surface area contributed by atoms with Gasteiger partial charge in [-0.2, -0.15) is 0 Å². The highest BCUT2D eigenvalue weighted by Crippen LogP contribution is 2.28. The van der Waals surface area contributed by atoms with Crippen LogP contribution >= 0.6 is 0 Å². The topological polar surface area (TPSA) is 30.3 Å². The highest BCUT2D eigenvalue weighted by Gasteiger charge is 2.27. The smallest absolute Gasteiger partial charge is 0.131 e. The molecule has 3 rings (SSSR count). The number of imidazole rings is 1. The maximum Gasteiger partial charge on any atom is 0.131 e. The van der Waals surface area contributed by atoms with Crippen LogP contribution in [0.1, 0.15) is 29.4 Å². The molecule has 0 radical (unpaired) electrons. The lowest BCUT2D eigenvalue weighted by molar-refractivity contribution is 0.319. The Morgan fingerprint density at radius 3 is 2.86 bits per heavy atom. The molecule has 22 heavy (non-hydrogen) atoms. The minimum atomic E-state index is -0.198. The van der Waals surface area contributed by atoms with Crippen molar-refractivity contribution < 1.29 is 9.13 Å². The molecule has 0 aliphatic carbocycles. The molecular formula is C17H22FN3O. The fourth-order valence-electron chi connectivity index (χ4n) is 3.23. The number of aryl methyl sites for hydroxylation is 2. The van der Waals surface area contributed by atoms with Gasteiger partial charge in [0, 0.05) is 43.9 Å². The monoisotopic (exact) mass is 303 g/mol. The fourth-order valence-corrected chi connectivity index (χ4v) is 3.23. The molecule has 0 saturated carbocycles. The van der Waals surface area contributed by atoms with Crippen LogP contribution in [0.4, 0.5) is 4.39 Å². The Morgan fingerprint density at radius 2 is 2.23 bits per heavy atom. The van der Waals surface area contributed by atoms with E-state index in [1.54, 1.807) is 7.11 Å². The first kappa shape index (κ1) is 15.0. The lowest BCUT2D eigenvalue weighted by Crippen LogP contribution is -2.21. The van der Waals surface area contributed by atoms with Gasteiger partial charge < -0.3 is 9.30 Å². The summed E-state index contributed by atoms with van der Waals surface area (Å²) >= 11 is 0. The van der Waals surface area contributed by atoms with Gasteiger partial charge in [0.1, 0.15) is 17.4 Å². The van der Waals surface area contributed by atoms with E-state index in [0.29, 0.717) is 18.2 Å². The van der Waals surface area contributed by atoms with E-state index in [0.717, 1.165) is 36.6 Å². The zero-order chi connectivity index (χ0) is 15.7. The van der Waals surface area contributed by atoms with Gasteiger partial charge >= 0.3 is 0 Å². The summed E-state index contributed by atoms with van der Waals surface area (Å²) < 4.78 is 21.2. The van der Waals surface area contributed by atoms with Gasteiger partial charge in [-0.3, -0.25) is 4.90 Å². The molecule has 1 aromatic carbocycles. The molecule has 1 atom stereocenters. The van der Waals surface area contributed by atoms with Crippen molar-refractivity contribution in [2.24, 2.45) is 7.05 Å². The van der Waals surface area contributed by atoms with Crippen molar-refractivity contribution in [3.63, 3.8) is 0 Å². The summed E-state index contributed by atoms with van der Waals surface area (Å²) in [5.41, 5.74) is 1.77. The minimum absolute atomic E-state index is 0.198. The molecule has 1 fully saturated rings. The first-order valence-corrected chi connectivity index (χ1v) is 7.61. The van der Waals surface area contributed by atoms with Gasteiger partial charge in [0.05, 0.1) is 12.8 Å². The molecular weight excluding hydrogens is 281 g/mol. The standard InChI is InChI=1S/C17H22FN3O/c1-12-9-20(2)17(19-12)14-6-7-21(11-14)10-13-4-5-15(22-3)8-16(13)18/h4-5,8-9,14H,6-7,10-11H2,1-3H3/t14-/m1/s1. The molecule has 1 aromatic heterocycles. The number of benzene rings is 1. The number of ether oxygens (including phenoxy) is 1. The summed E-state index contributed by atoms with van der Waals surface area (Å²) in [5, 5.41) is 0. The predicted octanol–water partition coefficient (Wildman–Crippen LogP) is 2.87. The number of hydrogen-bond donors (Lipinski definition) is 0. The molecule has 118 valence electrons. The first-order valence-electron chi connectivity index (χ1n) is 7.61. The van der Waals surface area contributed by atoms with Gasteiger partial charge in [-0.1, -0.05) is 6.07 Å². The first-order chi connectivity index (χ1) is 10.6. The van der Waals surface area contributed by atoms with Gasteiger partial charge in [0.25, 0.3) is 0 Å². The summed E-state index contributed by atoms with van der Waals surface area (Å²) in [5.74, 6) is 1.93. The molecule has 0 amide bonds. The van der Waals surface area contributed by atoms with Crippen LogP contribution in [0.25, 0.3) is 0 Å². The maximum atomic E-state index is 14.1. The third kappa shape index (κ3) is 2.99. The van der Waals surface area contributed by atoms with E-state index >= 15 is 0 Å². The minimum Gasteiger partial charge on any atom is -0.497 e. The van der Waals surface area contributed by atoms with E-state index in [1.165, 1.54) is 6.07 Å². The Balaban J connectivity index is 1.67. The third-order valence-electron chi connectivity index (χ3n) is 4.32. The van der Waals surface area contributed by atoms with E-state index in [2.05, 4.69) is 20.6 Å². The average molecular weight is 303 g/mol. The highest BCUT2D eigenvalue weighted by atomic mass is 19.1. The molecule has 0 N–H and O–H groups in total. The van der Waals surface area contributed by atoms with Crippen LogP contribution in [-0.4, -0.2) is 34.7 Å². The Kier molecular flexibility index (Phi) is 4.16. The van der Waals surface area contributed by atoms with Crippen molar-refractivity contribution >= 4 is 0 Å². The molecule has 0 bridgehead atoms. The second-order valence-electron chi connectivity index (χ2n) is 6.03. The van der Waals surface area contributed by atoms with E-state index < -0.39 is 0 Å². The zero-order valence-corrected chi connectivity index (χ0v) is 13.3. The predicted molar refractivity (Wildman–Crippen MR) is 83.5 cm³/mol. The molecule has 4 nitrogen and oxygen atoms in total. The van der Waals surface area contributed by atoms with E-state index in [9.17, 15) is 4.39 Å². The number of halogens is 1. The molecule has 0 unspecified atom stereocenters. The Bertz CT molecular complexity index is 668. The van der Waals surface area contributed by atoms with E-state index in [4.69, 9.17) is 4.74 Å². The summed E-state index contributed by atoms with van der Waals surface area (Å²) in [6, 6.07) is 5.07. The van der Waals surface area contributed by atoms with Crippen LogP contribution in [0.2, 0.25) is 0 Å². The van der Waals surface area contributed by atoms with Gasteiger partial charge in [0.15, 0.2) is 0 Å². The Labute approximate surface area is 130 Å². The van der Waals surface area contributed by atoms with Gasteiger partial charge in [-0.05, 0) is 26.0 Å². The average Bonchev–Trinajstić information content (AvgIpc) is 3.07.